The van der Waals surface area contributed by atoms with Crippen LogP contribution in [0, 0.1) is 11.6 Å². The second kappa shape index (κ2) is 8.41. The van der Waals surface area contributed by atoms with Crippen LogP contribution in [-0.4, -0.2) is 24.0 Å². The van der Waals surface area contributed by atoms with E-state index in [9.17, 15) is 13.6 Å². The monoisotopic (exact) mass is 372 g/mol. The summed E-state index contributed by atoms with van der Waals surface area (Å²) in [7, 11) is 0. The summed E-state index contributed by atoms with van der Waals surface area (Å²) >= 11 is 0. The molecule has 4 N–H and O–H groups in total. The quantitative estimate of drug-likeness (QED) is 0.553. The average molecular weight is 372 g/mol. The zero-order valence-corrected chi connectivity index (χ0v) is 14.3. The van der Waals surface area contributed by atoms with Crippen molar-refractivity contribution < 1.29 is 18.0 Å². The fourth-order valence-corrected chi connectivity index (χ4v) is 2.40. The van der Waals surface area contributed by atoms with Crippen molar-refractivity contribution in [3.8, 4) is 11.5 Å². The molecule has 0 bridgehead atoms. The Morgan fingerprint density at radius 2 is 1.81 bits per heavy atom. The van der Waals surface area contributed by atoms with Gasteiger partial charge in [-0.2, -0.15) is 0 Å². The molecular weight excluding hydrogens is 354 g/mol. The minimum Gasteiger partial charge on any atom is -0.420 e. The molecule has 0 fully saturated rings. The Hall–Kier alpha value is -3.26. The van der Waals surface area contributed by atoms with E-state index in [2.05, 4.69) is 15.6 Å². The highest BCUT2D eigenvalue weighted by molar-refractivity contribution is 5.94. The summed E-state index contributed by atoms with van der Waals surface area (Å²) in [6.45, 7) is 1.03. The van der Waals surface area contributed by atoms with Crippen molar-refractivity contribution in [2.75, 3.05) is 18.4 Å². The van der Waals surface area contributed by atoms with E-state index in [1.807, 2.05) is 0 Å². The Bertz CT molecular complexity index is 905. The third-order valence-electron chi connectivity index (χ3n) is 3.76. The van der Waals surface area contributed by atoms with Crippen molar-refractivity contribution in [3.05, 3.63) is 65.9 Å². The van der Waals surface area contributed by atoms with E-state index >= 15 is 0 Å². The molecule has 1 heterocycles. The van der Waals surface area contributed by atoms with E-state index < -0.39 is 11.6 Å². The van der Waals surface area contributed by atoms with Gasteiger partial charge in [-0.1, -0.05) is 6.07 Å². The number of carbonyl (C=O) groups is 1. The van der Waals surface area contributed by atoms with Crippen LogP contribution in [0.3, 0.4) is 0 Å². The predicted octanol–water partition coefficient (Wildman–Crippen LogP) is 3.44. The Kier molecular flexibility index (Phi) is 5.77. The molecule has 2 aromatic carbocycles. The Balaban J connectivity index is 1.68. The molecular formula is C19H18F2N4O2. The number of rotatable bonds is 7. The van der Waals surface area contributed by atoms with Crippen LogP contribution in [0.4, 0.5) is 20.4 Å². The number of nitrogens with one attached hydrogen (secondary N) is 2. The van der Waals surface area contributed by atoms with Gasteiger partial charge in [0.25, 0.3) is 5.91 Å². The van der Waals surface area contributed by atoms with E-state index in [0.29, 0.717) is 30.8 Å². The highest BCUT2D eigenvalue weighted by Crippen LogP contribution is 2.28. The first kappa shape index (κ1) is 18.5. The van der Waals surface area contributed by atoms with Gasteiger partial charge in [-0.25, -0.2) is 13.8 Å². The lowest BCUT2D eigenvalue weighted by Crippen LogP contribution is -2.25. The number of benzene rings is 2. The molecule has 3 rings (SSSR count). The van der Waals surface area contributed by atoms with Gasteiger partial charge in [-0.05, 0) is 49.4 Å². The van der Waals surface area contributed by atoms with Crippen LogP contribution in [0.5, 0.6) is 0 Å². The molecule has 0 radical (unpaired) electrons. The molecule has 0 saturated carbocycles. The van der Waals surface area contributed by atoms with Crippen molar-refractivity contribution in [2.24, 2.45) is 5.73 Å². The van der Waals surface area contributed by atoms with Crippen LogP contribution in [0.1, 0.15) is 16.8 Å². The van der Waals surface area contributed by atoms with Crippen LogP contribution in [-0.2, 0) is 0 Å². The lowest BCUT2D eigenvalue weighted by Gasteiger charge is -2.06. The van der Waals surface area contributed by atoms with E-state index in [0.717, 1.165) is 12.1 Å². The van der Waals surface area contributed by atoms with Gasteiger partial charge < -0.3 is 20.8 Å². The number of nitrogens with zero attached hydrogens (tertiary/aromatic N) is 1. The lowest BCUT2D eigenvalue weighted by molar-refractivity contribution is 0.0953. The van der Waals surface area contributed by atoms with Crippen LogP contribution < -0.4 is 16.4 Å². The summed E-state index contributed by atoms with van der Waals surface area (Å²) < 4.78 is 33.0. The van der Waals surface area contributed by atoms with E-state index in [1.54, 1.807) is 24.3 Å². The molecule has 0 unspecified atom stereocenters. The highest BCUT2D eigenvalue weighted by atomic mass is 19.1. The van der Waals surface area contributed by atoms with Crippen molar-refractivity contribution in [1.82, 2.24) is 10.3 Å². The van der Waals surface area contributed by atoms with Crippen LogP contribution in [0.2, 0.25) is 0 Å². The first-order valence-electron chi connectivity index (χ1n) is 8.34. The van der Waals surface area contributed by atoms with Gasteiger partial charge in [0.15, 0.2) is 0 Å². The Morgan fingerprint density at radius 1 is 1.11 bits per heavy atom. The van der Waals surface area contributed by atoms with E-state index in [1.165, 1.54) is 12.3 Å². The molecule has 0 aliphatic rings. The maximum atomic E-state index is 13.8. The smallest absolute Gasteiger partial charge is 0.251 e. The van der Waals surface area contributed by atoms with Gasteiger partial charge in [-0.3, -0.25) is 4.79 Å². The SMILES string of the molecule is NCCCNC(=O)c1ccc(Nc2cnc(-c3c(F)cccc3F)o2)cc1. The molecule has 0 atom stereocenters. The maximum absolute atomic E-state index is 13.8. The van der Waals surface area contributed by atoms with Crippen molar-refractivity contribution >= 4 is 17.5 Å². The topological polar surface area (TPSA) is 93.2 Å². The van der Waals surface area contributed by atoms with Gasteiger partial charge in [0, 0.05) is 17.8 Å². The van der Waals surface area contributed by atoms with Gasteiger partial charge in [-0.15, -0.1) is 0 Å². The zero-order chi connectivity index (χ0) is 19.2. The van der Waals surface area contributed by atoms with Crippen LogP contribution >= 0.6 is 0 Å². The zero-order valence-electron chi connectivity index (χ0n) is 14.3. The fraction of sp³-hybridized carbons (Fsp3) is 0.158. The lowest BCUT2D eigenvalue weighted by atomic mass is 10.2. The van der Waals surface area contributed by atoms with E-state index in [-0.39, 0.29) is 23.2 Å². The second-order valence-corrected chi connectivity index (χ2v) is 5.73. The summed E-state index contributed by atoms with van der Waals surface area (Å²) in [6, 6.07) is 10.2. The molecule has 6 nitrogen and oxygen atoms in total. The number of aromatic nitrogens is 1. The summed E-state index contributed by atoms with van der Waals surface area (Å²) in [5.41, 5.74) is 6.20. The number of halogens is 2. The first-order valence-corrected chi connectivity index (χ1v) is 8.34. The Morgan fingerprint density at radius 3 is 2.48 bits per heavy atom. The largest absolute Gasteiger partial charge is 0.420 e. The average Bonchev–Trinajstić information content (AvgIpc) is 3.10. The highest BCUT2D eigenvalue weighted by Gasteiger charge is 2.16. The molecule has 1 amide bonds. The van der Waals surface area contributed by atoms with Crippen LogP contribution in [0.25, 0.3) is 11.5 Å². The van der Waals surface area contributed by atoms with Gasteiger partial charge >= 0.3 is 0 Å². The molecule has 1 aromatic heterocycles. The number of carbonyl (C=O) groups excluding carboxylic acids is 1. The Labute approximate surface area is 154 Å². The molecule has 3 aromatic rings. The third-order valence-corrected chi connectivity index (χ3v) is 3.76. The van der Waals surface area contributed by atoms with Gasteiger partial charge in [0.1, 0.15) is 17.2 Å². The molecule has 0 aliphatic carbocycles. The second-order valence-electron chi connectivity index (χ2n) is 5.73. The fourth-order valence-electron chi connectivity index (χ4n) is 2.40. The standard InChI is InChI=1S/C19H18F2N4O2/c20-14-3-1-4-15(21)17(14)19-24-11-16(27-19)25-13-7-5-12(6-8-13)18(26)23-10-2-9-22/h1,3-8,11,25H,2,9-10,22H2,(H,23,26). The van der Waals surface area contributed by atoms with Gasteiger partial charge in [0.2, 0.25) is 11.8 Å². The minimum atomic E-state index is -0.756. The molecule has 140 valence electrons. The molecule has 27 heavy (non-hydrogen) atoms. The first-order chi connectivity index (χ1) is 13.1. The summed E-state index contributed by atoms with van der Waals surface area (Å²) in [6.07, 6.45) is 2.04. The summed E-state index contributed by atoms with van der Waals surface area (Å²) in [5, 5.41) is 5.69. The normalized spacial score (nSPS) is 10.6. The van der Waals surface area contributed by atoms with Crippen molar-refractivity contribution in [1.29, 1.82) is 0 Å². The third kappa shape index (κ3) is 4.48. The molecule has 8 heteroatoms. The van der Waals surface area contributed by atoms with Gasteiger partial charge in [0.05, 0.1) is 6.20 Å². The predicted molar refractivity (Wildman–Crippen MR) is 97.6 cm³/mol. The minimum absolute atomic E-state index is 0.163. The number of hydrogen-bond donors (Lipinski definition) is 3. The number of anilines is 2. The number of amides is 1. The number of nitrogens with two attached hydrogens (primary N) is 1. The van der Waals surface area contributed by atoms with Crippen molar-refractivity contribution in [3.63, 3.8) is 0 Å². The maximum Gasteiger partial charge on any atom is 0.251 e. The molecule has 0 saturated heterocycles. The summed E-state index contributed by atoms with van der Waals surface area (Å²) in [4.78, 5) is 15.8. The number of hydrogen-bond acceptors (Lipinski definition) is 5. The molecule has 0 aliphatic heterocycles. The molecule has 0 spiro atoms. The van der Waals surface area contributed by atoms with Crippen LogP contribution in [0.15, 0.2) is 53.1 Å². The van der Waals surface area contributed by atoms with E-state index in [4.69, 9.17) is 10.2 Å². The number of oxazole rings is 1. The summed E-state index contributed by atoms with van der Waals surface area (Å²) in [5.74, 6) is -1.65. The van der Waals surface area contributed by atoms with Crippen molar-refractivity contribution in [2.45, 2.75) is 6.42 Å².